The highest BCUT2D eigenvalue weighted by Crippen LogP contribution is 2.29. The Balaban J connectivity index is 1.84. The van der Waals surface area contributed by atoms with Crippen LogP contribution in [0.1, 0.15) is 32.1 Å². The summed E-state index contributed by atoms with van der Waals surface area (Å²) in [6, 6.07) is 10.2. The largest absolute Gasteiger partial charge is 0.440 e. The van der Waals surface area contributed by atoms with Gasteiger partial charge in [0.1, 0.15) is 0 Å². The summed E-state index contributed by atoms with van der Waals surface area (Å²) >= 11 is 0. The maximum Gasteiger partial charge on any atom is 0.262 e. The van der Waals surface area contributed by atoms with E-state index in [2.05, 4.69) is 5.32 Å². The fourth-order valence-electron chi connectivity index (χ4n) is 3.52. The number of hydrogen-bond acceptors (Lipinski definition) is 3. The molecule has 1 aliphatic carbocycles. The van der Waals surface area contributed by atoms with Crippen LogP contribution in [0.5, 0.6) is 0 Å². The van der Waals surface area contributed by atoms with E-state index in [-0.39, 0.29) is 5.56 Å². The number of rotatable bonds is 2. The number of anilines is 1. The number of aryl methyl sites for hydroxylation is 1. The van der Waals surface area contributed by atoms with E-state index in [1.165, 1.54) is 32.1 Å². The molecule has 22 heavy (non-hydrogen) atoms. The minimum Gasteiger partial charge on any atom is -0.440 e. The van der Waals surface area contributed by atoms with Crippen LogP contribution in [-0.4, -0.2) is 10.6 Å². The van der Waals surface area contributed by atoms with E-state index in [0.717, 1.165) is 16.8 Å². The minimum atomic E-state index is -0.00542. The molecule has 0 amide bonds. The van der Waals surface area contributed by atoms with Crippen molar-refractivity contribution in [1.82, 2.24) is 4.57 Å². The van der Waals surface area contributed by atoms with Crippen molar-refractivity contribution in [2.24, 2.45) is 7.05 Å². The molecular weight excluding hydrogens is 276 g/mol. The Hall–Kier alpha value is -2.23. The van der Waals surface area contributed by atoms with Crippen LogP contribution < -0.4 is 10.9 Å². The van der Waals surface area contributed by atoms with Gasteiger partial charge in [-0.05, 0) is 25.0 Å². The quantitative estimate of drug-likeness (QED) is 0.776. The lowest BCUT2D eigenvalue weighted by atomic mass is 9.96. The van der Waals surface area contributed by atoms with Crippen molar-refractivity contribution in [2.45, 2.75) is 38.1 Å². The molecule has 0 unspecified atom stereocenters. The molecule has 3 aromatic rings. The number of benzene rings is 1. The Morgan fingerprint density at radius 1 is 1.14 bits per heavy atom. The van der Waals surface area contributed by atoms with Gasteiger partial charge in [0.15, 0.2) is 11.5 Å². The summed E-state index contributed by atoms with van der Waals surface area (Å²) in [5, 5.41) is 5.10. The summed E-state index contributed by atoms with van der Waals surface area (Å²) in [6.45, 7) is 0. The normalized spacial score (nSPS) is 16.4. The van der Waals surface area contributed by atoms with Gasteiger partial charge in [0.25, 0.3) is 5.56 Å². The van der Waals surface area contributed by atoms with Gasteiger partial charge in [0.05, 0.1) is 10.9 Å². The molecule has 0 saturated heterocycles. The van der Waals surface area contributed by atoms with Crippen molar-refractivity contribution in [1.29, 1.82) is 0 Å². The van der Waals surface area contributed by atoms with Crippen LogP contribution in [0.3, 0.4) is 0 Å². The van der Waals surface area contributed by atoms with Crippen LogP contribution in [-0.2, 0) is 7.05 Å². The summed E-state index contributed by atoms with van der Waals surface area (Å²) in [4.78, 5) is 12.5. The van der Waals surface area contributed by atoms with Gasteiger partial charge in [-0.2, -0.15) is 0 Å². The molecule has 4 rings (SSSR count). The van der Waals surface area contributed by atoms with Crippen LogP contribution >= 0.6 is 0 Å². The summed E-state index contributed by atoms with van der Waals surface area (Å²) in [7, 11) is 1.81. The second-order valence-corrected chi connectivity index (χ2v) is 6.21. The molecular formula is C18H20N2O2. The molecule has 2 aromatic heterocycles. The molecule has 2 heterocycles. The molecule has 0 bridgehead atoms. The monoisotopic (exact) mass is 296 g/mol. The summed E-state index contributed by atoms with van der Waals surface area (Å²) in [6.07, 6.45) is 6.21. The number of hydrogen-bond donors (Lipinski definition) is 1. The second-order valence-electron chi connectivity index (χ2n) is 6.21. The highest BCUT2D eigenvalue weighted by Gasteiger charge is 2.17. The molecule has 1 aliphatic rings. The molecule has 0 atom stereocenters. The van der Waals surface area contributed by atoms with Crippen molar-refractivity contribution < 1.29 is 4.42 Å². The molecule has 1 saturated carbocycles. The minimum absolute atomic E-state index is 0.00542. The van der Waals surface area contributed by atoms with E-state index in [9.17, 15) is 4.79 Å². The molecule has 1 fully saturated rings. The highest BCUT2D eigenvalue weighted by atomic mass is 16.4. The standard InChI is InChI=1S/C18H20N2O2/c1-20-15-10-6-5-9-13(15)17-14(18(20)21)11-16(22-17)19-12-7-3-2-4-8-12/h5-6,9-12,19H,2-4,7-8H2,1H3. The number of fused-ring (bicyclic) bond motifs is 3. The fourth-order valence-corrected chi connectivity index (χ4v) is 3.52. The Kier molecular flexibility index (Phi) is 3.17. The van der Waals surface area contributed by atoms with E-state index >= 15 is 0 Å². The molecule has 0 aliphatic heterocycles. The van der Waals surface area contributed by atoms with Crippen LogP contribution in [0.15, 0.2) is 39.5 Å². The number of furan rings is 1. The maximum absolute atomic E-state index is 12.5. The summed E-state index contributed by atoms with van der Waals surface area (Å²) in [5.74, 6) is 0.718. The third-order valence-electron chi connectivity index (χ3n) is 4.73. The van der Waals surface area contributed by atoms with E-state index < -0.39 is 0 Å². The molecule has 4 heteroatoms. The lowest BCUT2D eigenvalue weighted by Gasteiger charge is -2.22. The molecule has 1 aromatic carbocycles. The lowest BCUT2D eigenvalue weighted by molar-refractivity contribution is 0.453. The van der Waals surface area contributed by atoms with Crippen molar-refractivity contribution >= 4 is 27.8 Å². The van der Waals surface area contributed by atoms with Gasteiger partial charge in [-0.1, -0.05) is 31.4 Å². The first-order chi connectivity index (χ1) is 10.7. The smallest absolute Gasteiger partial charge is 0.262 e. The summed E-state index contributed by atoms with van der Waals surface area (Å²) < 4.78 is 7.69. The Bertz CT molecular complexity index is 885. The SMILES string of the molecule is Cn1c(=O)c2cc(NC3CCCCC3)oc2c2ccccc21. The van der Waals surface area contributed by atoms with Crippen molar-refractivity contribution in [2.75, 3.05) is 5.32 Å². The molecule has 0 radical (unpaired) electrons. The zero-order valence-electron chi connectivity index (χ0n) is 12.8. The third kappa shape index (κ3) is 2.10. The Morgan fingerprint density at radius 3 is 2.73 bits per heavy atom. The van der Waals surface area contributed by atoms with E-state index in [1.54, 1.807) is 4.57 Å². The van der Waals surface area contributed by atoms with Crippen LogP contribution in [0, 0.1) is 0 Å². The van der Waals surface area contributed by atoms with Gasteiger partial charge < -0.3 is 14.3 Å². The van der Waals surface area contributed by atoms with Gasteiger partial charge in [-0.25, -0.2) is 0 Å². The van der Waals surface area contributed by atoms with Crippen LogP contribution in [0.25, 0.3) is 21.9 Å². The van der Waals surface area contributed by atoms with Crippen LogP contribution in [0.4, 0.5) is 5.88 Å². The van der Waals surface area contributed by atoms with Crippen LogP contribution in [0.2, 0.25) is 0 Å². The van der Waals surface area contributed by atoms with E-state index in [4.69, 9.17) is 4.42 Å². The predicted molar refractivity (Wildman–Crippen MR) is 89.5 cm³/mol. The number of nitrogens with one attached hydrogen (secondary N) is 1. The van der Waals surface area contributed by atoms with Crippen molar-refractivity contribution in [3.63, 3.8) is 0 Å². The fraction of sp³-hybridized carbons (Fsp3) is 0.389. The molecule has 114 valence electrons. The van der Waals surface area contributed by atoms with Gasteiger partial charge in [0.2, 0.25) is 0 Å². The first-order valence-corrected chi connectivity index (χ1v) is 8.02. The van der Waals surface area contributed by atoms with Gasteiger partial charge in [0, 0.05) is 24.5 Å². The second kappa shape index (κ2) is 5.20. The summed E-state index contributed by atoms with van der Waals surface area (Å²) in [5.41, 5.74) is 1.59. The first kappa shape index (κ1) is 13.4. The number of pyridine rings is 1. The molecule has 0 spiro atoms. The molecule has 1 N–H and O–H groups in total. The number of aromatic nitrogens is 1. The van der Waals surface area contributed by atoms with Crippen molar-refractivity contribution in [3.05, 3.63) is 40.7 Å². The average Bonchev–Trinajstić information content (AvgIpc) is 2.98. The molecule has 4 nitrogen and oxygen atoms in total. The Morgan fingerprint density at radius 2 is 1.91 bits per heavy atom. The maximum atomic E-state index is 12.5. The van der Waals surface area contributed by atoms with Gasteiger partial charge in [-0.15, -0.1) is 0 Å². The number of nitrogens with zero attached hydrogens (tertiary/aromatic N) is 1. The van der Waals surface area contributed by atoms with Gasteiger partial charge in [-0.3, -0.25) is 4.79 Å². The Labute approximate surface area is 128 Å². The van der Waals surface area contributed by atoms with E-state index in [1.807, 2.05) is 37.4 Å². The third-order valence-corrected chi connectivity index (χ3v) is 4.73. The number of para-hydroxylation sites is 1. The highest BCUT2D eigenvalue weighted by molar-refractivity contribution is 6.03. The average molecular weight is 296 g/mol. The predicted octanol–water partition coefficient (Wildman–Crippen LogP) is 4.03. The van der Waals surface area contributed by atoms with E-state index in [0.29, 0.717) is 17.0 Å². The zero-order chi connectivity index (χ0) is 15.1. The topological polar surface area (TPSA) is 47.2 Å². The lowest BCUT2D eigenvalue weighted by Crippen LogP contribution is -2.21. The first-order valence-electron chi connectivity index (χ1n) is 8.02. The van der Waals surface area contributed by atoms with Crippen molar-refractivity contribution in [3.8, 4) is 0 Å². The van der Waals surface area contributed by atoms with Gasteiger partial charge >= 0.3 is 0 Å². The zero-order valence-corrected chi connectivity index (χ0v) is 12.8.